The van der Waals surface area contributed by atoms with Gasteiger partial charge >= 0.3 is 18.1 Å². The zero-order chi connectivity index (χ0) is 16.3. The molecule has 0 radical (unpaired) electrons. The molecule has 1 fully saturated rings. The molecule has 0 aromatic heterocycles. The van der Waals surface area contributed by atoms with Gasteiger partial charge in [-0.15, -0.1) is 0 Å². The highest BCUT2D eigenvalue weighted by Crippen LogP contribution is 2.36. The molecule has 1 atom stereocenters. The number of ether oxygens (including phenoxy) is 2. The molecule has 1 aliphatic carbocycles. The molecular weight excluding hydrogens is 289 g/mol. The predicted molar refractivity (Wildman–Crippen MR) is 68.3 cm³/mol. The van der Waals surface area contributed by atoms with Crippen molar-refractivity contribution in [1.29, 1.82) is 0 Å². The molecule has 0 heterocycles. The van der Waals surface area contributed by atoms with Gasteiger partial charge in [0, 0.05) is 5.57 Å². The van der Waals surface area contributed by atoms with Crippen LogP contribution >= 0.6 is 0 Å². The largest absolute Gasteiger partial charge is 0.459 e. The molecule has 1 rings (SSSR count). The van der Waals surface area contributed by atoms with Crippen molar-refractivity contribution in [3.63, 3.8) is 0 Å². The molecule has 0 aliphatic heterocycles. The van der Waals surface area contributed by atoms with Crippen molar-refractivity contribution in [2.75, 3.05) is 0 Å². The Kier molecular flexibility index (Phi) is 5.42. The summed E-state index contributed by atoms with van der Waals surface area (Å²) >= 11 is 0. The summed E-state index contributed by atoms with van der Waals surface area (Å²) in [5, 5.41) is 0. The summed E-state index contributed by atoms with van der Waals surface area (Å²) in [6, 6.07) is 0. The molecule has 0 N–H and O–H groups in total. The maximum atomic E-state index is 13.1. The summed E-state index contributed by atoms with van der Waals surface area (Å²) in [6.07, 6.45) is -2.02. The molecule has 1 saturated carbocycles. The lowest BCUT2D eigenvalue weighted by atomic mass is 9.97. The minimum absolute atomic E-state index is 0.226. The van der Waals surface area contributed by atoms with Gasteiger partial charge in [0.05, 0.1) is 0 Å². The third-order valence-corrected chi connectivity index (χ3v) is 3.40. The normalized spacial score (nSPS) is 19.5. The van der Waals surface area contributed by atoms with Crippen molar-refractivity contribution in [3.05, 3.63) is 12.2 Å². The number of alkyl halides is 3. The van der Waals surface area contributed by atoms with Crippen LogP contribution < -0.4 is 0 Å². The zero-order valence-electron chi connectivity index (χ0n) is 12.1. The van der Waals surface area contributed by atoms with Gasteiger partial charge in [0.2, 0.25) is 0 Å². The van der Waals surface area contributed by atoms with Crippen molar-refractivity contribution in [1.82, 2.24) is 0 Å². The third kappa shape index (κ3) is 4.22. The van der Waals surface area contributed by atoms with E-state index >= 15 is 0 Å². The molecule has 0 amide bonds. The second-order valence-corrected chi connectivity index (χ2v) is 5.37. The lowest BCUT2D eigenvalue weighted by Crippen LogP contribution is -2.54. The number of carbonyl (C=O) groups excluding carboxylic acids is 2. The first-order valence-corrected chi connectivity index (χ1v) is 6.74. The van der Waals surface area contributed by atoms with Crippen LogP contribution in [0.5, 0.6) is 0 Å². The number of rotatable bonds is 4. The summed E-state index contributed by atoms with van der Waals surface area (Å²) in [5.41, 5.74) is -3.54. The zero-order valence-corrected chi connectivity index (χ0v) is 12.1. The number of esters is 2. The summed E-state index contributed by atoms with van der Waals surface area (Å²) in [7, 11) is 0. The van der Waals surface area contributed by atoms with E-state index in [-0.39, 0.29) is 5.57 Å². The molecule has 0 saturated heterocycles. The van der Waals surface area contributed by atoms with E-state index in [1.165, 1.54) is 6.92 Å². The molecule has 0 aromatic rings. The van der Waals surface area contributed by atoms with E-state index in [0.717, 1.165) is 19.3 Å². The van der Waals surface area contributed by atoms with Gasteiger partial charge in [0.15, 0.2) is 0 Å². The Bertz CT molecular complexity index is 424. The first-order valence-electron chi connectivity index (χ1n) is 6.74. The number of hydrogen-bond acceptors (Lipinski definition) is 4. The smallest absolute Gasteiger partial charge is 0.439 e. The van der Waals surface area contributed by atoms with E-state index in [1.807, 2.05) is 0 Å². The van der Waals surface area contributed by atoms with Gasteiger partial charge in [-0.1, -0.05) is 13.0 Å². The predicted octanol–water partition coefficient (Wildman–Crippen LogP) is 3.30. The van der Waals surface area contributed by atoms with Crippen molar-refractivity contribution in [2.45, 2.75) is 63.8 Å². The van der Waals surface area contributed by atoms with Crippen LogP contribution in [0.1, 0.15) is 46.0 Å². The number of carbonyl (C=O) groups is 2. The van der Waals surface area contributed by atoms with E-state index in [4.69, 9.17) is 4.74 Å². The summed E-state index contributed by atoms with van der Waals surface area (Å²) in [4.78, 5) is 23.3. The van der Waals surface area contributed by atoms with Crippen LogP contribution in [0.3, 0.4) is 0 Å². The molecule has 7 heteroatoms. The van der Waals surface area contributed by atoms with Gasteiger partial charge < -0.3 is 9.47 Å². The van der Waals surface area contributed by atoms with Gasteiger partial charge in [-0.3, -0.25) is 0 Å². The minimum atomic E-state index is -5.07. The quantitative estimate of drug-likeness (QED) is 0.590. The maximum Gasteiger partial charge on any atom is 0.439 e. The van der Waals surface area contributed by atoms with Crippen LogP contribution in [0.15, 0.2) is 12.2 Å². The fourth-order valence-corrected chi connectivity index (χ4v) is 1.93. The molecule has 0 spiro atoms. The third-order valence-electron chi connectivity index (χ3n) is 3.40. The van der Waals surface area contributed by atoms with E-state index in [0.29, 0.717) is 19.8 Å². The first-order chi connectivity index (χ1) is 9.58. The Labute approximate surface area is 121 Å². The van der Waals surface area contributed by atoms with E-state index in [9.17, 15) is 22.8 Å². The van der Waals surface area contributed by atoms with Crippen LogP contribution in [0.2, 0.25) is 0 Å². The van der Waals surface area contributed by atoms with E-state index < -0.39 is 29.8 Å². The van der Waals surface area contributed by atoms with Gasteiger partial charge in [-0.05, 0) is 39.5 Å². The molecule has 1 unspecified atom stereocenters. The SMILES string of the molecule is C=C(C)C(=O)OC(C)(C(=O)OC1CCCCC1)C(F)(F)F. The fraction of sp³-hybridized carbons (Fsp3) is 0.714. The van der Waals surface area contributed by atoms with Gasteiger partial charge in [0.25, 0.3) is 5.60 Å². The van der Waals surface area contributed by atoms with Crippen LogP contribution in [-0.4, -0.2) is 29.8 Å². The van der Waals surface area contributed by atoms with Crippen LogP contribution in [0.25, 0.3) is 0 Å². The molecular formula is C14H19F3O4. The van der Waals surface area contributed by atoms with E-state index in [2.05, 4.69) is 11.3 Å². The molecule has 120 valence electrons. The average molecular weight is 308 g/mol. The van der Waals surface area contributed by atoms with Crippen molar-refractivity contribution >= 4 is 11.9 Å². The van der Waals surface area contributed by atoms with Crippen molar-refractivity contribution in [3.8, 4) is 0 Å². The van der Waals surface area contributed by atoms with Crippen LogP contribution in [0, 0.1) is 0 Å². The summed E-state index contributed by atoms with van der Waals surface area (Å²) in [6.45, 7) is 4.90. The monoisotopic (exact) mass is 308 g/mol. The highest BCUT2D eigenvalue weighted by Gasteiger charge is 2.62. The highest BCUT2D eigenvalue weighted by molar-refractivity contribution is 5.91. The van der Waals surface area contributed by atoms with Crippen molar-refractivity contribution < 1.29 is 32.2 Å². The molecule has 21 heavy (non-hydrogen) atoms. The summed E-state index contributed by atoms with van der Waals surface area (Å²) < 4.78 is 48.6. The summed E-state index contributed by atoms with van der Waals surface area (Å²) in [5.74, 6) is -2.87. The fourth-order valence-electron chi connectivity index (χ4n) is 1.93. The Hall–Kier alpha value is -1.53. The van der Waals surface area contributed by atoms with Gasteiger partial charge in [-0.2, -0.15) is 13.2 Å². The number of hydrogen-bond donors (Lipinski definition) is 0. The van der Waals surface area contributed by atoms with Crippen molar-refractivity contribution in [2.24, 2.45) is 0 Å². The average Bonchev–Trinajstić information content (AvgIpc) is 2.38. The lowest BCUT2D eigenvalue weighted by Gasteiger charge is -2.32. The second kappa shape index (κ2) is 6.49. The Balaban J connectivity index is 2.87. The Morgan fingerprint density at radius 2 is 1.67 bits per heavy atom. The molecule has 4 nitrogen and oxygen atoms in total. The molecule has 0 aromatic carbocycles. The minimum Gasteiger partial charge on any atom is -0.459 e. The van der Waals surface area contributed by atoms with Gasteiger partial charge in [-0.25, -0.2) is 9.59 Å². The Morgan fingerprint density at radius 3 is 2.10 bits per heavy atom. The van der Waals surface area contributed by atoms with Gasteiger partial charge in [0.1, 0.15) is 6.10 Å². The number of halogens is 3. The maximum absolute atomic E-state index is 13.1. The lowest BCUT2D eigenvalue weighted by molar-refractivity contribution is -0.266. The van der Waals surface area contributed by atoms with E-state index in [1.54, 1.807) is 0 Å². The molecule has 0 bridgehead atoms. The first kappa shape index (κ1) is 17.5. The molecule has 1 aliphatic rings. The van der Waals surface area contributed by atoms with Crippen LogP contribution in [-0.2, 0) is 19.1 Å². The topological polar surface area (TPSA) is 52.6 Å². The Morgan fingerprint density at radius 1 is 1.14 bits per heavy atom. The highest BCUT2D eigenvalue weighted by atomic mass is 19.4. The second-order valence-electron chi connectivity index (χ2n) is 5.37. The standard InChI is InChI=1S/C14H19F3O4/c1-9(2)11(18)21-13(3,14(15,16)17)12(19)20-10-7-5-4-6-8-10/h10H,1,4-8H2,2-3H3. The van der Waals surface area contributed by atoms with Crippen LogP contribution in [0.4, 0.5) is 13.2 Å².